The fraction of sp³-hybridized carbons (Fsp3) is 1.00. The molecule has 12 heteroatoms. The Morgan fingerprint density at radius 3 is 2.16 bits per heavy atom. The van der Waals surface area contributed by atoms with Gasteiger partial charge in [-0.05, 0) is 40.2 Å². The normalized spacial score (nSPS) is 51.4. The molecule has 3 rings (SSSR count). The lowest BCUT2D eigenvalue weighted by molar-refractivity contribution is -0.307. The highest BCUT2D eigenvalue weighted by molar-refractivity contribution is 5.02. The number of nitrogens with two attached hydrogens (primary N) is 4. The minimum atomic E-state index is -1.29. The zero-order valence-corrected chi connectivity index (χ0v) is 19.0. The van der Waals surface area contributed by atoms with Crippen LogP contribution in [0.15, 0.2) is 0 Å². The van der Waals surface area contributed by atoms with E-state index in [2.05, 4.69) is 5.32 Å². The molecule has 1 aliphatic carbocycles. The molecule has 32 heavy (non-hydrogen) atoms. The summed E-state index contributed by atoms with van der Waals surface area (Å²) in [5.74, 6) is 0. The lowest BCUT2D eigenvalue weighted by Crippen LogP contribution is -2.68. The van der Waals surface area contributed by atoms with E-state index in [9.17, 15) is 15.3 Å². The molecule has 0 bridgehead atoms. The van der Waals surface area contributed by atoms with Crippen molar-refractivity contribution in [1.29, 1.82) is 0 Å². The molecule has 13 atom stereocenters. The first-order chi connectivity index (χ1) is 15.0. The standard InChI is InChI=1S/C20H41N5O7/c1-8(21)12-5-4-9(22)18(30-12)31-15-10(23)6-11(24)16(13(15)26)32-19-14(27)17(25-3)20(2,28)7-29-19/h8-19,25-28H,4-7,21-24H2,1-3H3/t8?,9?,10?,11?,12?,13?,14?,15?,16?,17?,18?,19?,20-/m0/s1. The Kier molecular flexibility index (Phi) is 8.51. The van der Waals surface area contributed by atoms with Gasteiger partial charge in [-0.15, -0.1) is 0 Å². The largest absolute Gasteiger partial charge is 0.388 e. The van der Waals surface area contributed by atoms with Gasteiger partial charge in [-0.25, -0.2) is 0 Å². The molecule has 2 saturated heterocycles. The molecule has 188 valence electrons. The molecule has 0 amide bonds. The van der Waals surface area contributed by atoms with Crippen molar-refractivity contribution in [3.8, 4) is 0 Å². The molecular formula is C20H41N5O7. The summed E-state index contributed by atoms with van der Waals surface area (Å²) in [4.78, 5) is 0. The van der Waals surface area contributed by atoms with Crippen LogP contribution >= 0.6 is 0 Å². The average Bonchev–Trinajstić information content (AvgIpc) is 2.71. The minimum Gasteiger partial charge on any atom is -0.388 e. The Balaban J connectivity index is 1.69. The summed E-state index contributed by atoms with van der Waals surface area (Å²) < 4.78 is 23.4. The maximum atomic E-state index is 11.1. The smallest absolute Gasteiger partial charge is 0.185 e. The van der Waals surface area contributed by atoms with Gasteiger partial charge in [0.25, 0.3) is 0 Å². The van der Waals surface area contributed by atoms with Gasteiger partial charge >= 0.3 is 0 Å². The number of aliphatic hydroxyl groups excluding tert-OH is 2. The van der Waals surface area contributed by atoms with E-state index in [1.807, 2.05) is 6.92 Å². The SMILES string of the molecule is CNC1C(O)C(OC2C(N)CC(N)C(OC3OC(C(C)N)CCC3N)C2O)OC[C@]1(C)O. The minimum absolute atomic E-state index is 0.0683. The summed E-state index contributed by atoms with van der Waals surface area (Å²) in [5, 5.41) is 35.0. The third-order valence-corrected chi connectivity index (χ3v) is 6.81. The summed E-state index contributed by atoms with van der Waals surface area (Å²) in [5.41, 5.74) is 23.3. The maximum Gasteiger partial charge on any atom is 0.185 e. The van der Waals surface area contributed by atoms with Crippen LogP contribution in [-0.2, 0) is 18.9 Å². The molecule has 12 N–H and O–H groups in total. The van der Waals surface area contributed by atoms with E-state index in [0.717, 1.165) is 6.42 Å². The van der Waals surface area contributed by atoms with E-state index < -0.39 is 60.7 Å². The summed E-state index contributed by atoms with van der Waals surface area (Å²) in [7, 11) is 1.62. The first-order valence-electron chi connectivity index (χ1n) is 11.3. The number of likely N-dealkylation sites (N-methyl/N-ethyl adjacent to an activating group) is 1. The van der Waals surface area contributed by atoms with E-state index in [-0.39, 0.29) is 24.8 Å². The van der Waals surface area contributed by atoms with E-state index in [0.29, 0.717) is 12.8 Å². The molecule has 0 aromatic heterocycles. The lowest BCUT2D eigenvalue weighted by atomic mass is 9.84. The Morgan fingerprint density at radius 2 is 1.59 bits per heavy atom. The van der Waals surface area contributed by atoms with Crippen LogP contribution in [0.3, 0.4) is 0 Å². The lowest BCUT2D eigenvalue weighted by Gasteiger charge is -2.48. The quantitative estimate of drug-likeness (QED) is 0.192. The van der Waals surface area contributed by atoms with Gasteiger partial charge in [-0.3, -0.25) is 0 Å². The molecule has 2 aliphatic heterocycles. The molecule has 1 saturated carbocycles. The van der Waals surface area contributed by atoms with Crippen molar-refractivity contribution in [2.75, 3.05) is 13.7 Å². The van der Waals surface area contributed by atoms with E-state index in [4.69, 9.17) is 41.9 Å². The molecule has 0 radical (unpaired) electrons. The first-order valence-corrected chi connectivity index (χ1v) is 11.3. The number of nitrogens with one attached hydrogen (secondary N) is 1. The van der Waals surface area contributed by atoms with Gasteiger partial charge in [-0.2, -0.15) is 0 Å². The third kappa shape index (κ3) is 5.43. The second-order valence-corrected chi connectivity index (χ2v) is 9.69. The van der Waals surface area contributed by atoms with Crippen LogP contribution in [0.4, 0.5) is 0 Å². The molecule has 3 aliphatic rings. The van der Waals surface area contributed by atoms with Crippen LogP contribution in [0.25, 0.3) is 0 Å². The summed E-state index contributed by atoms with van der Waals surface area (Å²) in [6.07, 6.45) is -4.58. The number of rotatable bonds is 6. The fourth-order valence-corrected chi connectivity index (χ4v) is 4.87. The first kappa shape index (κ1) is 26.1. The predicted octanol–water partition coefficient (Wildman–Crippen LogP) is -3.59. The van der Waals surface area contributed by atoms with E-state index >= 15 is 0 Å². The topological polar surface area (TPSA) is 214 Å². The molecule has 0 spiro atoms. The van der Waals surface area contributed by atoms with Crippen LogP contribution in [0.5, 0.6) is 0 Å². The number of hydrogen-bond acceptors (Lipinski definition) is 12. The van der Waals surface area contributed by atoms with Crippen LogP contribution in [0, 0.1) is 0 Å². The van der Waals surface area contributed by atoms with Gasteiger partial charge in [0.05, 0.1) is 24.8 Å². The van der Waals surface area contributed by atoms with Crippen LogP contribution < -0.4 is 28.3 Å². The van der Waals surface area contributed by atoms with Gasteiger partial charge in [0.2, 0.25) is 0 Å². The van der Waals surface area contributed by atoms with Crippen molar-refractivity contribution in [2.24, 2.45) is 22.9 Å². The van der Waals surface area contributed by atoms with Crippen molar-refractivity contribution < 1.29 is 34.3 Å². The summed E-state index contributed by atoms with van der Waals surface area (Å²) >= 11 is 0. The van der Waals surface area contributed by atoms with Crippen molar-refractivity contribution in [1.82, 2.24) is 5.32 Å². The van der Waals surface area contributed by atoms with Crippen molar-refractivity contribution in [3.63, 3.8) is 0 Å². The van der Waals surface area contributed by atoms with Gasteiger partial charge in [0, 0.05) is 18.1 Å². The van der Waals surface area contributed by atoms with Crippen LogP contribution in [0.1, 0.15) is 33.1 Å². The zero-order valence-electron chi connectivity index (χ0n) is 19.0. The van der Waals surface area contributed by atoms with Crippen molar-refractivity contribution in [3.05, 3.63) is 0 Å². The van der Waals surface area contributed by atoms with Crippen LogP contribution in [0.2, 0.25) is 0 Å². The Morgan fingerprint density at radius 1 is 1.00 bits per heavy atom. The molecule has 3 fully saturated rings. The molecular weight excluding hydrogens is 422 g/mol. The summed E-state index contributed by atoms with van der Waals surface area (Å²) in [6, 6.07) is -2.47. The van der Waals surface area contributed by atoms with Gasteiger partial charge in [0.1, 0.15) is 30.0 Å². The van der Waals surface area contributed by atoms with Gasteiger partial charge in [-0.1, -0.05) is 0 Å². The van der Waals surface area contributed by atoms with Gasteiger partial charge < -0.3 is 62.5 Å². The Hall–Kier alpha value is -0.480. The highest BCUT2D eigenvalue weighted by Crippen LogP contribution is 2.31. The van der Waals surface area contributed by atoms with Crippen molar-refractivity contribution >= 4 is 0 Å². The molecule has 12 nitrogen and oxygen atoms in total. The van der Waals surface area contributed by atoms with E-state index in [1.165, 1.54) is 0 Å². The highest BCUT2D eigenvalue weighted by atomic mass is 16.7. The predicted molar refractivity (Wildman–Crippen MR) is 115 cm³/mol. The number of ether oxygens (including phenoxy) is 4. The zero-order chi connectivity index (χ0) is 23.8. The molecule has 2 heterocycles. The molecule has 12 unspecified atom stereocenters. The fourth-order valence-electron chi connectivity index (χ4n) is 4.87. The van der Waals surface area contributed by atoms with Crippen LogP contribution in [-0.4, -0.2) is 108 Å². The summed E-state index contributed by atoms with van der Waals surface area (Å²) in [6.45, 7) is 3.34. The van der Waals surface area contributed by atoms with Gasteiger partial charge in [0.15, 0.2) is 12.6 Å². The Labute approximate surface area is 188 Å². The maximum absolute atomic E-state index is 11.1. The third-order valence-electron chi connectivity index (χ3n) is 6.81. The van der Waals surface area contributed by atoms with E-state index in [1.54, 1.807) is 14.0 Å². The van der Waals surface area contributed by atoms with Crippen molar-refractivity contribution in [2.45, 2.75) is 112 Å². The second kappa shape index (κ2) is 10.4. The Bertz CT molecular complexity index is 615. The average molecular weight is 464 g/mol. The monoisotopic (exact) mass is 463 g/mol. The number of aliphatic hydroxyl groups is 3. The molecule has 0 aromatic rings. The number of hydrogen-bond donors (Lipinski definition) is 8. The molecule has 0 aromatic carbocycles. The highest BCUT2D eigenvalue weighted by Gasteiger charge is 2.50. The second-order valence-electron chi connectivity index (χ2n) is 9.69.